The fraction of sp³-hybridized carbons (Fsp3) is 0. The third kappa shape index (κ3) is 4.73. The molecule has 0 atom stereocenters. The lowest BCUT2D eigenvalue weighted by atomic mass is 9.83. The molecule has 5 heteroatoms. The number of benzene rings is 6. The summed E-state index contributed by atoms with van der Waals surface area (Å²) in [5.41, 5.74) is 2.30. The molecule has 6 aromatic carbocycles. The molecule has 0 heterocycles. The van der Waals surface area contributed by atoms with Gasteiger partial charge < -0.3 is 0 Å². The van der Waals surface area contributed by atoms with Crippen molar-refractivity contribution in [1.82, 2.24) is 0 Å². The summed E-state index contributed by atoms with van der Waals surface area (Å²) in [6, 6.07) is 49.4. The Morgan fingerprint density at radius 3 is 1.40 bits per heavy atom. The fourth-order valence-corrected chi connectivity index (χ4v) is 11.0. The fourth-order valence-electron chi connectivity index (χ4n) is 6.29. The molecule has 0 aliphatic heterocycles. The van der Waals surface area contributed by atoms with Crippen LogP contribution in [0.3, 0.4) is 0 Å². The van der Waals surface area contributed by atoms with Crippen LogP contribution in [0, 0.1) is 0 Å². The van der Waals surface area contributed by atoms with Gasteiger partial charge in [0, 0.05) is 33.1 Å². The molecule has 216 valence electrons. The van der Waals surface area contributed by atoms with Gasteiger partial charge in [0.05, 0.1) is 5.02 Å². The smallest absolute Gasteiger partial charge is 0.196 e. The predicted octanol–water partition coefficient (Wildman–Crippen LogP) is 7.51. The normalized spacial score (nSPS) is 12.3. The predicted molar refractivity (Wildman–Crippen MR) is 185 cm³/mol. The second-order valence-corrected chi connectivity index (χ2v) is 14.5. The van der Waals surface area contributed by atoms with Crippen molar-refractivity contribution in [1.29, 1.82) is 0 Å². The number of carbonyl (C=O) groups is 3. The van der Waals surface area contributed by atoms with Crippen molar-refractivity contribution >= 4 is 57.0 Å². The molecule has 7 rings (SSSR count). The molecule has 0 fully saturated rings. The molecule has 0 radical (unpaired) electrons. The molecule has 0 N–H and O–H groups in total. The van der Waals surface area contributed by atoms with Crippen molar-refractivity contribution in [2.24, 2.45) is 0 Å². The first-order valence-corrected chi connectivity index (χ1v) is 16.7. The zero-order chi connectivity index (χ0) is 31.0. The molecule has 0 bridgehead atoms. The first-order valence-electron chi connectivity index (χ1n) is 14.6. The van der Waals surface area contributed by atoms with Gasteiger partial charge in [-0.25, -0.2) is 0 Å². The maximum absolute atomic E-state index is 15.2. The van der Waals surface area contributed by atoms with E-state index in [4.69, 9.17) is 11.6 Å². The Morgan fingerprint density at radius 2 is 0.889 bits per heavy atom. The van der Waals surface area contributed by atoms with Gasteiger partial charge in [0.2, 0.25) is 0 Å². The first-order chi connectivity index (χ1) is 22.0. The van der Waals surface area contributed by atoms with E-state index in [0.717, 1.165) is 15.9 Å². The number of hydrogen-bond donors (Lipinski definition) is 0. The Balaban J connectivity index is 1.68. The van der Waals surface area contributed by atoms with Crippen LogP contribution in [-0.4, -0.2) is 22.6 Å². The average Bonchev–Trinajstić information content (AvgIpc) is 3.10. The van der Waals surface area contributed by atoms with E-state index in [-0.39, 0.29) is 22.9 Å². The molecule has 0 saturated carbocycles. The standard InChI is InChI=1S/C40H26ClO3P/c41-36-23-13-12-22-34(36)39(44)40(27-24-25-33-35(26-27)38(43)32-21-11-10-20-31(32)37(33)42)45(28-14-4-1-5-15-28,29-16-6-2-7-17-29)30-18-8-3-9-19-30/h1-26H. The van der Waals surface area contributed by atoms with Gasteiger partial charge >= 0.3 is 0 Å². The van der Waals surface area contributed by atoms with Gasteiger partial charge in [-0.2, -0.15) is 0 Å². The number of carbonyl (C=O) groups excluding carboxylic acids is 3. The second-order valence-electron chi connectivity index (χ2n) is 10.8. The quantitative estimate of drug-likeness (QED) is 0.143. The average molecular weight is 621 g/mol. The highest BCUT2D eigenvalue weighted by Gasteiger charge is 2.36. The van der Waals surface area contributed by atoms with Crippen molar-refractivity contribution in [3.05, 3.63) is 196 Å². The number of halogens is 1. The Kier molecular flexibility index (Phi) is 7.51. The van der Waals surface area contributed by atoms with Crippen molar-refractivity contribution in [3.8, 4) is 0 Å². The van der Waals surface area contributed by atoms with E-state index in [1.54, 1.807) is 60.7 Å². The van der Waals surface area contributed by atoms with Crippen LogP contribution in [0.2, 0.25) is 5.02 Å². The Bertz CT molecular complexity index is 2070. The van der Waals surface area contributed by atoms with Crippen LogP contribution >= 0.6 is 18.5 Å². The molecule has 0 unspecified atom stereocenters. The van der Waals surface area contributed by atoms with Crippen LogP contribution < -0.4 is 15.9 Å². The molecule has 1 aliphatic rings. The van der Waals surface area contributed by atoms with E-state index in [1.807, 2.05) is 60.7 Å². The van der Waals surface area contributed by atoms with Crippen LogP contribution in [0.4, 0.5) is 0 Å². The minimum absolute atomic E-state index is 0.207. The zero-order valence-corrected chi connectivity index (χ0v) is 25.7. The van der Waals surface area contributed by atoms with Crippen LogP contribution in [0.25, 0.3) is 0 Å². The van der Waals surface area contributed by atoms with Gasteiger partial charge in [-0.15, -0.1) is 0 Å². The highest BCUT2D eigenvalue weighted by molar-refractivity contribution is 7.97. The van der Waals surface area contributed by atoms with Gasteiger partial charge in [0.1, 0.15) is 0 Å². The third-order valence-corrected chi connectivity index (χ3v) is 13.0. The molecular weight excluding hydrogens is 595 g/mol. The summed E-state index contributed by atoms with van der Waals surface area (Å²) in [5.74, 6) is -0.684. The van der Waals surface area contributed by atoms with E-state index in [9.17, 15) is 9.59 Å². The summed E-state index contributed by atoms with van der Waals surface area (Å²) in [6.07, 6.45) is 0. The molecule has 0 spiro atoms. The van der Waals surface area contributed by atoms with E-state index in [1.165, 1.54) is 0 Å². The maximum Gasteiger partial charge on any atom is 0.196 e. The lowest BCUT2D eigenvalue weighted by Gasteiger charge is -2.33. The summed E-state index contributed by atoms with van der Waals surface area (Å²) in [7, 11) is 0. The van der Waals surface area contributed by atoms with Crippen LogP contribution in [-0.2, 0) is 0 Å². The molecule has 6 aromatic rings. The maximum atomic E-state index is 15.2. The summed E-state index contributed by atoms with van der Waals surface area (Å²) in [4.78, 5) is 42.7. The van der Waals surface area contributed by atoms with E-state index in [2.05, 4.69) is 36.4 Å². The largest absolute Gasteiger partial charge is 0.289 e. The van der Waals surface area contributed by atoms with Crippen LogP contribution in [0.1, 0.15) is 47.8 Å². The van der Waals surface area contributed by atoms with Gasteiger partial charge in [-0.05, 0) is 52.6 Å². The third-order valence-electron chi connectivity index (χ3n) is 8.30. The van der Waals surface area contributed by atoms with Gasteiger partial charge in [0.15, 0.2) is 17.3 Å². The number of rotatable bonds is 6. The molecule has 1 aliphatic carbocycles. The molecule has 0 saturated heterocycles. The minimum atomic E-state index is -2.95. The van der Waals surface area contributed by atoms with Crippen molar-refractivity contribution in [2.75, 3.05) is 0 Å². The van der Waals surface area contributed by atoms with Crippen molar-refractivity contribution < 1.29 is 14.4 Å². The number of fused-ring (bicyclic) bond motifs is 2. The highest BCUT2D eigenvalue weighted by atomic mass is 35.5. The minimum Gasteiger partial charge on any atom is -0.289 e. The Labute approximate surface area is 266 Å². The molecule has 0 amide bonds. The summed E-state index contributed by atoms with van der Waals surface area (Å²) in [5, 5.41) is 3.79. The van der Waals surface area contributed by atoms with Gasteiger partial charge in [0.25, 0.3) is 0 Å². The van der Waals surface area contributed by atoms with Crippen LogP contribution in [0.5, 0.6) is 0 Å². The highest BCUT2D eigenvalue weighted by Crippen LogP contribution is 2.49. The first kappa shape index (κ1) is 28.7. The monoisotopic (exact) mass is 620 g/mol. The van der Waals surface area contributed by atoms with Crippen molar-refractivity contribution in [3.63, 3.8) is 0 Å². The van der Waals surface area contributed by atoms with Crippen LogP contribution in [0.15, 0.2) is 158 Å². The van der Waals surface area contributed by atoms with E-state index in [0.29, 0.717) is 38.1 Å². The summed E-state index contributed by atoms with van der Waals surface area (Å²) in [6.45, 7) is -2.95. The summed E-state index contributed by atoms with van der Waals surface area (Å²) >= 11 is 6.73. The Morgan fingerprint density at radius 1 is 0.467 bits per heavy atom. The lowest BCUT2D eigenvalue weighted by Crippen LogP contribution is -2.34. The van der Waals surface area contributed by atoms with Gasteiger partial charge in [-0.1, -0.05) is 145 Å². The Hall–Kier alpha value is -5.08. The SMILES string of the molecule is O=C(C(c1ccc2c(c1)C(=O)c1ccccc1C2=O)=P(c1ccccc1)(c1ccccc1)c1ccccc1)c1ccccc1Cl. The molecular formula is C40H26ClO3P. The number of hydrogen-bond acceptors (Lipinski definition) is 3. The van der Waals surface area contributed by atoms with E-state index >= 15 is 4.79 Å². The summed E-state index contributed by atoms with van der Waals surface area (Å²) < 4.78 is 0. The van der Waals surface area contributed by atoms with E-state index < -0.39 is 6.89 Å². The van der Waals surface area contributed by atoms with Crippen molar-refractivity contribution in [2.45, 2.75) is 0 Å². The molecule has 0 aromatic heterocycles. The molecule has 45 heavy (non-hydrogen) atoms. The number of Topliss-reactive ketones (excluding diaryl/α,β-unsaturated/α-hetero) is 1. The molecule has 3 nitrogen and oxygen atoms in total. The topological polar surface area (TPSA) is 51.2 Å². The lowest BCUT2D eigenvalue weighted by molar-refractivity contribution is 0.0979. The zero-order valence-electron chi connectivity index (χ0n) is 24.1. The van der Waals surface area contributed by atoms with Gasteiger partial charge in [-0.3, -0.25) is 14.4 Å². The number of ketones is 3. The second kappa shape index (κ2) is 11.8.